The molecule has 0 saturated heterocycles. The van der Waals surface area contributed by atoms with Crippen LogP contribution in [0, 0.1) is 5.92 Å². The van der Waals surface area contributed by atoms with Gasteiger partial charge < -0.3 is 4.90 Å². The summed E-state index contributed by atoms with van der Waals surface area (Å²) < 4.78 is 1.07. The molecule has 18 heavy (non-hydrogen) atoms. The van der Waals surface area contributed by atoms with Gasteiger partial charge in [-0.15, -0.1) is 11.8 Å². The molecule has 3 rings (SSSR count). The van der Waals surface area contributed by atoms with E-state index in [9.17, 15) is 4.79 Å². The van der Waals surface area contributed by atoms with Gasteiger partial charge in [0.15, 0.2) is 0 Å². The molecule has 0 N–H and O–H groups in total. The third-order valence-corrected chi connectivity index (χ3v) is 5.20. The molecule has 0 radical (unpaired) electrons. The van der Waals surface area contributed by atoms with Crippen molar-refractivity contribution in [3.05, 3.63) is 27.7 Å². The number of amides is 1. The maximum absolute atomic E-state index is 12.6. The van der Waals surface area contributed by atoms with Gasteiger partial charge in [0.05, 0.1) is 5.56 Å². The van der Waals surface area contributed by atoms with Crippen LogP contribution in [0.4, 0.5) is 0 Å². The first-order valence-corrected chi connectivity index (χ1v) is 8.31. The van der Waals surface area contributed by atoms with E-state index >= 15 is 0 Å². The van der Waals surface area contributed by atoms with Crippen molar-refractivity contribution in [2.45, 2.75) is 37.2 Å². The van der Waals surface area contributed by atoms with Gasteiger partial charge in [-0.05, 0) is 49.6 Å². The van der Waals surface area contributed by atoms with E-state index in [0.29, 0.717) is 6.04 Å². The molecule has 1 heterocycles. The summed E-state index contributed by atoms with van der Waals surface area (Å²) in [7, 11) is 0. The SMILES string of the molecule is CSc1cc(Br)cc2c1C(=O)N([C@@H](C)C1CC1)C2. The zero-order valence-corrected chi connectivity index (χ0v) is 13.0. The first-order chi connectivity index (χ1) is 8.61. The summed E-state index contributed by atoms with van der Waals surface area (Å²) in [6, 6.07) is 4.53. The van der Waals surface area contributed by atoms with Crippen molar-refractivity contribution in [2.24, 2.45) is 5.92 Å². The minimum absolute atomic E-state index is 0.223. The highest BCUT2D eigenvalue weighted by atomic mass is 79.9. The zero-order valence-electron chi connectivity index (χ0n) is 10.6. The lowest BCUT2D eigenvalue weighted by Crippen LogP contribution is -2.34. The fourth-order valence-corrected chi connectivity index (χ4v) is 4.05. The quantitative estimate of drug-likeness (QED) is 0.785. The predicted octanol–water partition coefficient (Wildman–Crippen LogP) is 3.93. The number of nitrogens with zero attached hydrogens (tertiary/aromatic N) is 1. The van der Waals surface area contributed by atoms with Crippen LogP contribution in [0.15, 0.2) is 21.5 Å². The fraction of sp³-hybridized carbons (Fsp3) is 0.500. The number of halogens is 1. The van der Waals surface area contributed by atoms with Gasteiger partial charge in [0.25, 0.3) is 5.91 Å². The average molecular weight is 326 g/mol. The van der Waals surface area contributed by atoms with E-state index < -0.39 is 0 Å². The summed E-state index contributed by atoms with van der Waals surface area (Å²) in [4.78, 5) is 15.7. The van der Waals surface area contributed by atoms with Crippen molar-refractivity contribution in [3.8, 4) is 0 Å². The minimum Gasteiger partial charge on any atom is -0.331 e. The number of hydrogen-bond acceptors (Lipinski definition) is 2. The number of thioether (sulfide) groups is 1. The molecule has 0 bridgehead atoms. The van der Waals surface area contributed by atoms with Crippen molar-refractivity contribution >= 4 is 33.6 Å². The third-order valence-electron chi connectivity index (χ3n) is 3.98. The van der Waals surface area contributed by atoms with Crippen LogP contribution in [0.5, 0.6) is 0 Å². The smallest absolute Gasteiger partial charge is 0.255 e. The number of fused-ring (bicyclic) bond motifs is 1. The van der Waals surface area contributed by atoms with Gasteiger partial charge in [0, 0.05) is 22.0 Å². The van der Waals surface area contributed by atoms with Gasteiger partial charge >= 0.3 is 0 Å². The van der Waals surface area contributed by atoms with Crippen LogP contribution in [-0.2, 0) is 6.54 Å². The average Bonchev–Trinajstić information content (AvgIpc) is 3.13. The molecule has 1 amide bonds. The summed E-state index contributed by atoms with van der Waals surface area (Å²) in [6.07, 6.45) is 4.59. The second-order valence-corrected chi connectivity index (χ2v) is 6.92. The van der Waals surface area contributed by atoms with Crippen LogP contribution in [0.1, 0.15) is 35.7 Å². The molecule has 0 spiro atoms. The third kappa shape index (κ3) is 1.99. The topological polar surface area (TPSA) is 20.3 Å². The summed E-state index contributed by atoms with van der Waals surface area (Å²) in [5.74, 6) is 0.950. The molecule has 1 aliphatic heterocycles. The lowest BCUT2D eigenvalue weighted by Gasteiger charge is -2.24. The van der Waals surface area contributed by atoms with Gasteiger partial charge in [0.1, 0.15) is 0 Å². The van der Waals surface area contributed by atoms with Crippen molar-refractivity contribution in [1.82, 2.24) is 4.90 Å². The largest absolute Gasteiger partial charge is 0.331 e. The highest BCUT2D eigenvalue weighted by Gasteiger charge is 2.39. The van der Waals surface area contributed by atoms with Crippen LogP contribution in [0.3, 0.4) is 0 Å². The maximum Gasteiger partial charge on any atom is 0.255 e. The Morgan fingerprint density at radius 2 is 2.17 bits per heavy atom. The van der Waals surface area contributed by atoms with E-state index in [2.05, 4.69) is 33.8 Å². The lowest BCUT2D eigenvalue weighted by molar-refractivity contribution is 0.0695. The first-order valence-electron chi connectivity index (χ1n) is 6.29. The molecule has 0 unspecified atom stereocenters. The Kier molecular flexibility index (Phi) is 3.18. The van der Waals surface area contributed by atoms with Gasteiger partial charge in [0.2, 0.25) is 0 Å². The van der Waals surface area contributed by atoms with E-state index in [-0.39, 0.29) is 5.91 Å². The molecule has 96 valence electrons. The number of carbonyl (C=O) groups excluding carboxylic acids is 1. The first kappa shape index (κ1) is 12.5. The molecule has 1 saturated carbocycles. The Balaban J connectivity index is 1.97. The molecule has 1 aliphatic carbocycles. The Morgan fingerprint density at radius 3 is 2.78 bits per heavy atom. The fourth-order valence-electron chi connectivity index (χ4n) is 2.73. The van der Waals surface area contributed by atoms with Crippen molar-refractivity contribution in [1.29, 1.82) is 0 Å². The Bertz CT molecular complexity index is 513. The standard InChI is InChI=1S/C14H16BrNOS/c1-8(9-3-4-9)16-7-10-5-11(15)6-12(18-2)13(10)14(16)17/h5-6,8-9H,3-4,7H2,1-2H3/t8-/m0/s1. The Hall–Kier alpha value is -0.480. The lowest BCUT2D eigenvalue weighted by atomic mass is 10.1. The van der Waals surface area contributed by atoms with Crippen molar-refractivity contribution < 1.29 is 4.79 Å². The molecule has 1 aromatic carbocycles. The van der Waals surface area contributed by atoms with Crippen molar-refractivity contribution in [3.63, 3.8) is 0 Å². The summed E-state index contributed by atoms with van der Waals surface area (Å²) >= 11 is 5.18. The molecule has 0 aromatic heterocycles. The normalized spacial score (nSPS) is 20.2. The second-order valence-electron chi connectivity index (χ2n) is 5.15. The predicted molar refractivity (Wildman–Crippen MR) is 78.0 cm³/mol. The minimum atomic E-state index is 0.223. The molecule has 4 heteroatoms. The zero-order chi connectivity index (χ0) is 12.9. The number of carbonyl (C=O) groups is 1. The van der Waals surface area contributed by atoms with Crippen molar-refractivity contribution in [2.75, 3.05) is 6.26 Å². The number of rotatable bonds is 3. The van der Waals surface area contributed by atoms with Gasteiger partial charge in [-0.2, -0.15) is 0 Å². The molecule has 2 aliphatic rings. The van der Waals surface area contributed by atoms with Crippen LogP contribution in [0.25, 0.3) is 0 Å². The van der Waals surface area contributed by atoms with Gasteiger partial charge in [-0.3, -0.25) is 4.79 Å². The van der Waals surface area contributed by atoms with E-state index in [1.165, 1.54) is 18.4 Å². The van der Waals surface area contributed by atoms with Crippen LogP contribution >= 0.6 is 27.7 Å². The Morgan fingerprint density at radius 1 is 1.44 bits per heavy atom. The molecular weight excluding hydrogens is 310 g/mol. The highest BCUT2D eigenvalue weighted by Crippen LogP contribution is 2.40. The maximum atomic E-state index is 12.6. The molecular formula is C14H16BrNOS. The highest BCUT2D eigenvalue weighted by molar-refractivity contribution is 9.10. The van der Waals surface area contributed by atoms with Gasteiger partial charge in [-0.25, -0.2) is 0 Å². The van der Waals surface area contributed by atoms with Crippen LogP contribution < -0.4 is 0 Å². The van der Waals surface area contributed by atoms with Crippen LogP contribution in [0.2, 0.25) is 0 Å². The van der Waals surface area contributed by atoms with Crippen LogP contribution in [-0.4, -0.2) is 23.1 Å². The number of benzene rings is 1. The molecule has 1 fully saturated rings. The van der Waals surface area contributed by atoms with Gasteiger partial charge in [-0.1, -0.05) is 15.9 Å². The molecule has 1 aromatic rings. The van der Waals surface area contributed by atoms with E-state index in [1.807, 2.05) is 12.3 Å². The van der Waals surface area contributed by atoms with E-state index in [4.69, 9.17) is 0 Å². The number of hydrogen-bond donors (Lipinski definition) is 0. The Labute approximate surface area is 120 Å². The summed E-state index contributed by atoms with van der Waals surface area (Å²) in [5, 5.41) is 0. The van der Waals surface area contributed by atoms with E-state index in [0.717, 1.165) is 27.4 Å². The second kappa shape index (κ2) is 4.57. The molecule has 2 nitrogen and oxygen atoms in total. The van der Waals surface area contributed by atoms with E-state index in [1.54, 1.807) is 11.8 Å². The summed E-state index contributed by atoms with van der Waals surface area (Å²) in [5.41, 5.74) is 2.10. The monoisotopic (exact) mass is 325 g/mol. The molecule has 1 atom stereocenters. The summed E-state index contributed by atoms with van der Waals surface area (Å²) in [6.45, 7) is 2.97.